The van der Waals surface area contributed by atoms with Gasteiger partial charge in [0.2, 0.25) is 0 Å². The van der Waals surface area contributed by atoms with E-state index < -0.39 is 0 Å². The molecule has 2 aromatic carbocycles. The van der Waals surface area contributed by atoms with Crippen LogP contribution in [0.4, 0.5) is 11.4 Å². The Morgan fingerprint density at radius 1 is 0.960 bits per heavy atom. The van der Waals surface area contributed by atoms with Gasteiger partial charge in [0.05, 0.1) is 0 Å². The number of amides is 1. The van der Waals surface area contributed by atoms with E-state index in [1.807, 2.05) is 24.0 Å². The molecule has 0 spiro atoms. The molecule has 3 rings (SSSR count). The summed E-state index contributed by atoms with van der Waals surface area (Å²) in [5, 5.41) is 0. The van der Waals surface area contributed by atoms with Gasteiger partial charge >= 0.3 is 0 Å². The highest BCUT2D eigenvalue weighted by Crippen LogP contribution is 2.20. The molecule has 1 saturated heterocycles. The minimum Gasteiger partial charge on any atom is -0.399 e. The van der Waals surface area contributed by atoms with E-state index in [1.54, 1.807) is 6.07 Å². The first-order valence-corrected chi connectivity index (χ1v) is 8.01. The fraction of sp³-hybridized carbons (Fsp3) is 0.316. The van der Waals surface area contributed by atoms with E-state index in [1.165, 1.54) is 11.3 Å². The molecule has 6 heteroatoms. The molecule has 4 nitrogen and oxygen atoms in total. The zero-order chi connectivity index (χ0) is 16.4. The molecule has 0 bridgehead atoms. The second kappa shape index (κ2) is 8.97. The Morgan fingerprint density at radius 2 is 1.64 bits per heavy atom. The number of nitrogen functional groups attached to an aromatic ring is 1. The standard InChI is InChI=1S/C19H23N3O.2ClH/c1-14-4-3-5-17(12-14)21-8-10-22(11-9-21)19(23)18-13-16(20)7-6-15(18)2;;/h3-7,12-13H,8-11,20H2,1-2H3;2*1H. The average Bonchev–Trinajstić information content (AvgIpc) is 2.56. The molecule has 2 N–H and O–H groups in total. The van der Waals surface area contributed by atoms with Crippen LogP contribution in [0, 0.1) is 13.8 Å². The third-order valence-corrected chi connectivity index (χ3v) is 4.43. The first kappa shape index (κ1) is 21.1. The predicted octanol–water partition coefficient (Wildman–Crippen LogP) is 3.69. The van der Waals surface area contributed by atoms with Crippen LogP contribution in [0.5, 0.6) is 0 Å². The molecule has 2 aromatic rings. The molecular formula is C19H25Cl2N3O. The zero-order valence-electron chi connectivity index (χ0n) is 14.6. The fourth-order valence-corrected chi connectivity index (χ4v) is 3.03. The molecule has 1 heterocycles. The molecule has 1 amide bonds. The van der Waals surface area contributed by atoms with E-state index in [-0.39, 0.29) is 30.7 Å². The van der Waals surface area contributed by atoms with Crippen LogP contribution in [0.3, 0.4) is 0 Å². The Hall–Kier alpha value is -1.91. The van der Waals surface area contributed by atoms with Gasteiger partial charge in [0, 0.05) is 43.1 Å². The molecular weight excluding hydrogens is 357 g/mol. The van der Waals surface area contributed by atoms with Crippen LogP contribution in [0.25, 0.3) is 0 Å². The monoisotopic (exact) mass is 381 g/mol. The lowest BCUT2D eigenvalue weighted by Crippen LogP contribution is -2.49. The Kier molecular flexibility index (Phi) is 7.59. The van der Waals surface area contributed by atoms with Crippen LogP contribution < -0.4 is 10.6 Å². The Labute approximate surface area is 161 Å². The molecule has 0 atom stereocenters. The molecule has 0 saturated carbocycles. The third kappa shape index (κ3) is 4.80. The number of carbonyl (C=O) groups is 1. The van der Waals surface area contributed by atoms with E-state index in [4.69, 9.17) is 5.73 Å². The zero-order valence-corrected chi connectivity index (χ0v) is 16.2. The van der Waals surface area contributed by atoms with Crippen LogP contribution in [0.1, 0.15) is 21.5 Å². The number of benzene rings is 2. The van der Waals surface area contributed by atoms with Crippen LogP contribution >= 0.6 is 24.8 Å². The summed E-state index contributed by atoms with van der Waals surface area (Å²) < 4.78 is 0. The topological polar surface area (TPSA) is 49.6 Å². The third-order valence-electron chi connectivity index (χ3n) is 4.43. The molecule has 1 fully saturated rings. The summed E-state index contributed by atoms with van der Waals surface area (Å²) in [6.45, 7) is 7.25. The van der Waals surface area contributed by atoms with E-state index in [2.05, 4.69) is 36.1 Å². The van der Waals surface area contributed by atoms with Gasteiger partial charge in [-0.3, -0.25) is 4.79 Å². The summed E-state index contributed by atoms with van der Waals surface area (Å²) in [6.07, 6.45) is 0. The van der Waals surface area contributed by atoms with E-state index >= 15 is 0 Å². The molecule has 136 valence electrons. The van der Waals surface area contributed by atoms with Gasteiger partial charge in [-0.15, -0.1) is 24.8 Å². The highest BCUT2D eigenvalue weighted by atomic mass is 35.5. The number of hydrogen-bond donors (Lipinski definition) is 1. The van der Waals surface area contributed by atoms with Crippen molar-refractivity contribution in [2.24, 2.45) is 0 Å². The molecule has 0 radical (unpaired) electrons. The highest BCUT2D eigenvalue weighted by Gasteiger charge is 2.23. The molecule has 0 aromatic heterocycles. The number of anilines is 2. The Balaban J connectivity index is 0.00000156. The molecule has 1 aliphatic heterocycles. The lowest BCUT2D eigenvalue weighted by Gasteiger charge is -2.36. The van der Waals surface area contributed by atoms with Crippen LogP contribution in [0.15, 0.2) is 42.5 Å². The van der Waals surface area contributed by atoms with Gasteiger partial charge in [-0.1, -0.05) is 18.2 Å². The van der Waals surface area contributed by atoms with Gasteiger partial charge in [0.25, 0.3) is 5.91 Å². The van der Waals surface area contributed by atoms with Gasteiger partial charge in [-0.05, 0) is 49.2 Å². The smallest absolute Gasteiger partial charge is 0.254 e. The van der Waals surface area contributed by atoms with Gasteiger partial charge in [0.1, 0.15) is 0 Å². The van der Waals surface area contributed by atoms with Crippen molar-refractivity contribution in [3.63, 3.8) is 0 Å². The number of halogens is 2. The summed E-state index contributed by atoms with van der Waals surface area (Å²) in [4.78, 5) is 17.0. The van der Waals surface area contributed by atoms with Crippen molar-refractivity contribution >= 4 is 42.1 Å². The average molecular weight is 382 g/mol. The van der Waals surface area contributed by atoms with Crippen molar-refractivity contribution < 1.29 is 4.79 Å². The van der Waals surface area contributed by atoms with Gasteiger partial charge in [-0.2, -0.15) is 0 Å². The fourth-order valence-electron chi connectivity index (χ4n) is 3.03. The summed E-state index contributed by atoms with van der Waals surface area (Å²) >= 11 is 0. The van der Waals surface area contributed by atoms with Gasteiger partial charge < -0.3 is 15.5 Å². The van der Waals surface area contributed by atoms with E-state index in [9.17, 15) is 4.79 Å². The number of rotatable bonds is 2. The maximum atomic E-state index is 12.7. The second-order valence-electron chi connectivity index (χ2n) is 6.19. The van der Waals surface area contributed by atoms with Crippen LogP contribution in [0.2, 0.25) is 0 Å². The van der Waals surface area contributed by atoms with Crippen molar-refractivity contribution in [1.82, 2.24) is 4.90 Å². The van der Waals surface area contributed by atoms with Crippen LogP contribution in [-0.2, 0) is 0 Å². The minimum absolute atomic E-state index is 0. The van der Waals surface area contributed by atoms with Crippen LogP contribution in [-0.4, -0.2) is 37.0 Å². The van der Waals surface area contributed by atoms with Crippen molar-refractivity contribution in [3.05, 3.63) is 59.2 Å². The number of hydrogen-bond acceptors (Lipinski definition) is 3. The second-order valence-corrected chi connectivity index (χ2v) is 6.19. The predicted molar refractivity (Wildman–Crippen MR) is 109 cm³/mol. The summed E-state index contributed by atoms with van der Waals surface area (Å²) in [5.74, 6) is 0.0821. The first-order chi connectivity index (χ1) is 11.0. The van der Waals surface area contributed by atoms with Crippen molar-refractivity contribution in [3.8, 4) is 0 Å². The van der Waals surface area contributed by atoms with Gasteiger partial charge in [-0.25, -0.2) is 0 Å². The van der Waals surface area contributed by atoms with Crippen molar-refractivity contribution in [2.45, 2.75) is 13.8 Å². The molecule has 1 aliphatic rings. The lowest BCUT2D eigenvalue weighted by atomic mass is 10.1. The largest absolute Gasteiger partial charge is 0.399 e. The molecule has 0 unspecified atom stereocenters. The molecule has 0 aliphatic carbocycles. The maximum absolute atomic E-state index is 12.7. The lowest BCUT2D eigenvalue weighted by molar-refractivity contribution is 0.0746. The van der Waals surface area contributed by atoms with E-state index in [0.29, 0.717) is 11.3 Å². The number of carbonyl (C=O) groups excluding carboxylic acids is 1. The van der Waals surface area contributed by atoms with Gasteiger partial charge in [0.15, 0.2) is 0 Å². The summed E-state index contributed by atoms with van der Waals surface area (Å²) in [5.41, 5.74) is 10.7. The quantitative estimate of drug-likeness (QED) is 0.806. The van der Waals surface area contributed by atoms with E-state index in [0.717, 1.165) is 31.7 Å². The van der Waals surface area contributed by atoms with Crippen molar-refractivity contribution in [1.29, 1.82) is 0 Å². The minimum atomic E-state index is 0. The number of aryl methyl sites for hydroxylation is 2. The summed E-state index contributed by atoms with van der Waals surface area (Å²) in [6, 6.07) is 14.0. The Morgan fingerprint density at radius 3 is 2.28 bits per heavy atom. The number of nitrogens with zero attached hydrogens (tertiary/aromatic N) is 2. The first-order valence-electron chi connectivity index (χ1n) is 8.01. The normalized spacial score (nSPS) is 13.7. The number of piperazine rings is 1. The summed E-state index contributed by atoms with van der Waals surface area (Å²) in [7, 11) is 0. The maximum Gasteiger partial charge on any atom is 0.254 e. The SMILES string of the molecule is Cc1cccc(N2CCN(C(=O)c3cc(N)ccc3C)CC2)c1.Cl.Cl. The van der Waals surface area contributed by atoms with Crippen molar-refractivity contribution in [2.75, 3.05) is 36.8 Å². The number of nitrogens with two attached hydrogens (primary N) is 1. The highest BCUT2D eigenvalue weighted by molar-refractivity contribution is 5.96. The Bertz CT molecular complexity index is 728. The molecule has 25 heavy (non-hydrogen) atoms.